The van der Waals surface area contributed by atoms with Gasteiger partial charge in [0.15, 0.2) is 5.16 Å². The molecule has 1 N–H and O–H groups in total. The number of nitrogens with zero attached hydrogens (tertiary/aromatic N) is 4. The number of para-hydroxylation sites is 1. The number of carbonyl (C=O) groups excluding carboxylic acids is 1. The summed E-state index contributed by atoms with van der Waals surface area (Å²) in [6.45, 7) is 0. The fraction of sp³-hybridized carbons (Fsp3) is 0.0833. The summed E-state index contributed by atoms with van der Waals surface area (Å²) in [7, 11) is 1.67. The highest BCUT2D eigenvalue weighted by atomic mass is 32.2. The predicted octanol–water partition coefficient (Wildman–Crippen LogP) is 4.58. The second-order valence-corrected chi connectivity index (χ2v) is 9.12. The van der Waals surface area contributed by atoms with E-state index in [2.05, 4.69) is 10.3 Å². The summed E-state index contributed by atoms with van der Waals surface area (Å²) in [6, 6.07) is 23.1. The average molecular weight is 474 g/mol. The van der Waals surface area contributed by atoms with E-state index in [1.54, 1.807) is 11.7 Å². The molecule has 0 aliphatic carbocycles. The zero-order chi connectivity index (χ0) is 22.8. The van der Waals surface area contributed by atoms with Gasteiger partial charge in [-0.15, -0.1) is 11.3 Å². The molecule has 0 spiro atoms. The number of amides is 1. The minimum atomic E-state index is -0.212. The molecule has 0 fully saturated rings. The number of nitrogens with one attached hydrogen (secondary N) is 1. The number of rotatable bonds is 6. The van der Waals surface area contributed by atoms with Crippen LogP contribution in [0.25, 0.3) is 27.2 Å². The van der Waals surface area contributed by atoms with E-state index < -0.39 is 0 Å². The Morgan fingerprint density at radius 1 is 1.06 bits per heavy atom. The van der Waals surface area contributed by atoms with Crippen LogP contribution in [0.2, 0.25) is 0 Å². The lowest BCUT2D eigenvalue weighted by atomic mass is 10.2. The van der Waals surface area contributed by atoms with E-state index in [1.165, 1.54) is 27.7 Å². The lowest BCUT2D eigenvalue weighted by Crippen LogP contribution is -2.21. The summed E-state index contributed by atoms with van der Waals surface area (Å²) in [5, 5.41) is 10.0. The molecule has 3 aromatic heterocycles. The smallest absolute Gasteiger partial charge is 0.271 e. The van der Waals surface area contributed by atoms with Crippen LogP contribution in [0.15, 0.2) is 88.1 Å². The van der Waals surface area contributed by atoms with Crippen molar-refractivity contribution < 1.29 is 4.79 Å². The molecule has 2 aromatic carbocycles. The maximum absolute atomic E-state index is 12.8. The van der Waals surface area contributed by atoms with E-state index in [0.717, 1.165) is 16.9 Å². The van der Waals surface area contributed by atoms with Crippen LogP contribution in [0, 0.1) is 0 Å². The number of benzene rings is 2. The summed E-state index contributed by atoms with van der Waals surface area (Å²) in [5.41, 5.74) is 3.11. The molecule has 5 rings (SSSR count). The molecule has 1 amide bonds. The first-order valence-electron chi connectivity index (χ1n) is 10.2. The highest BCUT2D eigenvalue weighted by molar-refractivity contribution is 7.99. The molecule has 5 aromatic rings. The van der Waals surface area contributed by atoms with Crippen LogP contribution >= 0.6 is 23.1 Å². The molecule has 3 heterocycles. The average Bonchev–Trinajstić information content (AvgIpc) is 3.49. The van der Waals surface area contributed by atoms with E-state index in [9.17, 15) is 9.59 Å². The SMILES string of the molecule is Cn1c(SCC(=O)Nc2cc(-c3ccccc3)nn2-c2ccccc2)nc2ccsc2c1=O. The van der Waals surface area contributed by atoms with Gasteiger partial charge in [-0.3, -0.25) is 14.2 Å². The van der Waals surface area contributed by atoms with Gasteiger partial charge in [0.2, 0.25) is 5.91 Å². The van der Waals surface area contributed by atoms with Crippen molar-refractivity contribution in [1.82, 2.24) is 19.3 Å². The standard InChI is InChI=1S/C24H19N5O2S2/c1-28-23(31)22-18(12-13-32-22)25-24(28)33-15-21(30)26-20-14-19(16-8-4-2-5-9-16)27-29(20)17-10-6-3-7-11-17/h2-14H,15H2,1H3,(H,26,30). The van der Waals surface area contributed by atoms with Gasteiger partial charge < -0.3 is 5.32 Å². The Hall–Kier alpha value is -3.69. The van der Waals surface area contributed by atoms with Crippen LogP contribution in [0.3, 0.4) is 0 Å². The van der Waals surface area contributed by atoms with Crippen molar-refractivity contribution in [2.45, 2.75) is 5.16 Å². The number of aromatic nitrogens is 4. The molecule has 0 saturated heterocycles. The Morgan fingerprint density at radius 2 is 1.79 bits per heavy atom. The summed E-state index contributed by atoms with van der Waals surface area (Å²) in [6.07, 6.45) is 0. The number of thiophene rings is 1. The third-order valence-electron chi connectivity index (χ3n) is 5.03. The highest BCUT2D eigenvalue weighted by Gasteiger charge is 2.16. The van der Waals surface area contributed by atoms with Gasteiger partial charge in [-0.25, -0.2) is 9.67 Å². The van der Waals surface area contributed by atoms with Gasteiger partial charge in [0.05, 0.1) is 22.7 Å². The van der Waals surface area contributed by atoms with Crippen molar-refractivity contribution in [2.24, 2.45) is 7.05 Å². The van der Waals surface area contributed by atoms with Gasteiger partial charge in [-0.1, -0.05) is 60.3 Å². The largest absolute Gasteiger partial charge is 0.310 e. The number of hydrogen-bond donors (Lipinski definition) is 1. The topological polar surface area (TPSA) is 81.8 Å². The van der Waals surface area contributed by atoms with Crippen molar-refractivity contribution in [3.05, 3.63) is 88.5 Å². The third-order valence-corrected chi connectivity index (χ3v) is 6.95. The summed E-state index contributed by atoms with van der Waals surface area (Å²) in [5.74, 6) is 0.466. The highest BCUT2D eigenvalue weighted by Crippen LogP contribution is 2.25. The molecule has 33 heavy (non-hydrogen) atoms. The monoisotopic (exact) mass is 473 g/mol. The molecule has 0 atom stereocenters. The first kappa shape index (κ1) is 21.2. The number of carbonyl (C=O) groups is 1. The number of thioether (sulfide) groups is 1. The lowest BCUT2D eigenvalue weighted by molar-refractivity contribution is -0.113. The van der Waals surface area contributed by atoms with Gasteiger partial charge in [-0.05, 0) is 23.6 Å². The van der Waals surface area contributed by atoms with E-state index in [-0.39, 0.29) is 17.2 Å². The maximum atomic E-state index is 12.8. The van der Waals surface area contributed by atoms with Crippen LogP contribution in [-0.4, -0.2) is 31.0 Å². The Bertz CT molecular complexity index is 1490. The third kappa shape index (κ3) is 4.33. The Kier molecular flexibility index (Phi) is 5.80. The zero-order valence-electron chi connectivity index (χ0n) is 17.6. The minimum absolute atomic E-state index is 0.104. The second-order valence-electron chi connectivity index (χ2n) is 7.26. The van der Waals surface area contributed by atoms with E-state index in [0.29, 0.717) is 21.2 Å². The molecule has 0 bridgehead atoms. The Morgan fingerprint density at radius 3 is 2.55 bits per heavy atom. The summed E-state index contributed by atoms with van der Waals surface area (Å²) < 4.78 is 3.82. The zero-order valence-corrected chi connectivity index (χ0v) is 19.3. The quantitative estimate of drug-likeness (QED) is 0.288. The molecular formula is C24H19N5O2S2. The second kappa shape index (κ2) is 9.05. The first-order chi connectivity index (χ1) is 16.1. The van der Waals surface area contributed by atoms with E-state index in [1.807, 2.05) is 78.2 Å². The van der Waals surface area contributed by atoms with Crippen molar-refractivity contribution in [1.29, 1.82) is 0 Å². The molecular weight excluding hydrogens is 454 g/mol. The normalized spacial score (nSPS) is 11.1. The van der Waals surface area contributed by atoms with Crippen LogP contribution in [0.4, 0.5) is 5.82 Å². The van der Waals surface area contributed by atoms with Crippen LogP contribution in [-0.2, 0) is 11.8 Å². The first-order valence-corrected chi connectivity index (χ1v) is 12.0. The molecule has 0 unspecified atom stereocenters. The fourth-order valence-electron chi connectivity index (χ4n) is 3.39. The molecule has 0 aliphatic rings. The van der Waals surface area contributed by atoms with Gasteiger partial charge in [0.25, 0.3) is 5.56 Å². The maximum Gasteiger partial charge on any atom is 0.271 e. The van der Waals surface area contributed by atoms with Gasteiger partial charge in [0.1, 0.15) is 10.5 Å². The summed E-state index contributed by atoms with van der Waals surface area (Å²) >= 11 is 2.60. The van der Waals surface area contributed by atoms with Crippen molar-refractivity contribution >= 4 is 45.0 Å². The van der Waals surface area contributed by atoms with Crippen molar-refractivity contribution in [2.75, 3.05) is 11.1 Å². The number of hydrogen-bond acceptors (Lipinski definition) is 6. The molecule has 9 heteroatoms. The molecule has 0 aliphatic heterocycles. The van der Waals surface area contributed by atoms with Crippen molar-refractivity contribution in [3.63, 3.8) is 0 Å². The molecule has 164 valence electrons. The minimum Gasteiger partial charge on any atom is -0.310 e. The summed E-state index contributed by atoms with van der Waals surface area (Å²) in [4.78, 5) is 29.9. The van der Waals surface area contributed by atoms with Crippen molar-refractivity contribution in [3.8, 4) is 16.9 Å². The van der Waals surface area contributed by atoms with Crippen LogP contribution < -0.4 is 10.9 Å². The van der Waals surface area contributed by atoms with E-state index >= 15 is 0 Å². The van der Waals surface area contributed by atoms with Crippen LogP contribution in [0.5, 0.6) is 0 Å². The predicted molar refractivity (Wildman–Crippen MR) is 133 cm³/mol. The van der Waals surface area contributed by atoms with Crippen LogP contribution in [0.1, 0.15) is 0 Å². The van der Waals surface area contributed by atoms with Gasteiger partial charge >= 0.3 is 0 Å². The Labute approximate surface area is 197 Å². The van der Waals surface area contributed by atoms with Gasteiger partial charge in [0, 0.05) is 18.7 Å². The van der Waals surface area contributed by atoms with Gasteiger partial charge in [-0.2, -0.15) is 5.10 Å². The lowest BCUT2D eigenvalue weighted by Gasteiger charge is -2.09. The number of anilines is 1. The fourth-order valence-corrected chi connectivity index (χ4v) is 4.97. The molecule has 0 radical (unpaired) electrons. The number of fused-ring (bicyclic) bond motifs is 1. The molecule has 0 saturated carbocycles. The van der Waals surface area contributed by atoms with E-state index in [4.69, 9.17) is 5.10 Å². The Balaban J connectivity index is 1.39. The molecule has 7 nitrogen and oxygen atoms in total.